The highest BCUT2D eigenvalue weighted by Gasteiger charge is 2.38. The number of nitrogens with two attached hydrogens (primary N) is 1. The molecule has 3 rings (SSSR count). The average molecular weight is 229 g/mol. The van der Waals surface area contributed by atoms with Gasteiger partial charge in [0.2, 0.25) is 0 Å². The van der Waals surface area contributed by atoms with Crippen molar-refractivity contribution in [3.8, 4) is 0 Å². The molecule has 1 aromatic rings. The highest BCUT2D eigenvalue weighted by Crippen LogP contribution is 2.40. The molecule has 3 heteroatoms. The van der Waals surface area contributed by atoms with Gasteiger partial charge >= 0.3 is 0 Å². The normalized spacial score (nSPS) is 21.6. The first kappa shape index (κ1) is 10.6. The van der Waals surface area contributed by atoms with Crippen LogP contribution < -0.4 is 11.1 Å². The van der Waals surface area contributed by atoms with Crippen LogP contribution in [-0.4, -0.2) is 11.4 Å². The maximum absolute atomic E-state index is 6.20. The minimum absolute atomic E-state index is 0.0721. The quantitative estimate of drug-likeness (QED) is 0.718. The van der Waals surface area contributed by atoms with Crippen LogP contribution >= 0.6 is 0 Å². The van der Waals surface area contributed by atoms with E-state index in [2.05, 4.69) is 23.3 Å². The van der Waals surface area contributed by atoms with Crippen LogP contribution in [0.15, 0.2) is 23.2 Å². The molecule has 1 spiro atoms. The van der Waals surface area contributed by atoms with Crippen molar-refractivity contribution in [1.82, 2.24) is 0 Å². The largest absolute Gasteiger partial charge is 0.385 e. The van der Waals surface area contributed by atoms with Crippen LogP contribution in [0.25, 0.3) is 0 Å². The lowest BCUT2D eigenvalue weighted by atomic mass is 9.79. The number of nitrogens with one attached hydrogen (secondary N) is 1. The Balaban J connectivity index is 2.06. The van der Waals surface area contributed by atoms with Crippen molar-refractivity contribution in [1.29, 1.82) is 0 Å². The Hall–Kier alpha value is -1.51. The zero-order valence-corrected chi connectivity index (χ0v) is 10.3. The first-order chi connectivity index (χ1) is 8.21. The molecule has 0 amide bonds. The topological polar surface area (TPSA) is 50.4 Å². The van der Waals surface area contributed by atoms with E-state index < -0.39 is 0 Å². The monoisotopic (exact) mass is 229 g/mol. The van der Waals surface area contributed by atoms with Gasteiger partial charge in [0.1, 0.15) is 5.84 Å². The van der Waals surface area contributed by atoms with Gasteiger partial charge in [0.15, 0.2) is 0 Å². The molecule has 1 aliphatic carbocycles. The molecule has 0 atom stereocenters. The Morgan fingerprint density at radius 1 is 1.24 bits per heavy atom. The predicted octanol–water partition coefficient (Wildman–Crippen LogP) is 3.11. The molecule has 1 fully saturated rings. The fourth-order valence-corrected chi connectivity index (χ4v) is 2.98. The maximum atomic E-state index is 6.20. The number of nitrogens with zero attached hydrogens (tertiary/aromatic N) is 1. The van der Waals surface area contributed by atoms with Gasteiger partial charge in [-0.25, -0.2) is 4.99 Å². The third kappa shape index (κ3) is 1.61. The summed E-state index contributed by atoms with van der Waals surface area (Å²) in [7, 11) is 0. The summed E-state index contributed by atoms with van der Waals surface area (Å²) < 4.78 is 0. The number of aryl methyl sites for hydroxylation is 1. The van der Waals surface area contributed by atoms with Gasteiger partial charge in [-0.2, -0.15) is 0 Å². The summed E-state index contributed by atoms with van der Waals surface area (Å²) in [4.78, 5) is 4.62. The van der Waals surface area contributed by atoms with Gasteiger partial charge in [0.05, 0.1) is 16.9 Å². The molecule has 1 saturated carbocycles. The minimum Gasteiger partial charge on any atom is -0.385 e. The molecule has 0 aromatic heterocycles. The average Bonchev–Trinajstić information content (AvgIpc) is 2.34. The SMILES string of the molecule is Cc1cccc2c1NC1(CCCCC1)C(N)=N2. The van der Waals surface area contributed by atoms with E-state index in [0.717, 1.165) is 24.4 Å². The van der Waals surface area contributed by atoms with Crippen molar-refractivity contribution in [2.75, 3.05) is 5.32 Å². The first-order valence-electron chi connectivity index (χ1n) is 6.44. The molecule has 0 bridgehead atoms. The van der Waals surface area contributed by atoms with Crippen LogP contribution in [0.3, 0.4) is 0 Å². The van der Waals surface area contributed by atoms with Crippen LogP contribution in [0, 0.1) is 6.92 Å². The summed E-state index contributed by atoms with van der Waals surface area (Å²) in [5.74, 6) is 0.773. The van der Waals surface area contributed by atoms with Gasteiger partial charge in [-0.1, -0.05) is 31.4 Å². The molecular formula is C14H19N3. The second-order valence-electron chi connectivity index (χ2n) is 5.23. The summed E-state index contributed by atoms with van der Waals surface area (Å²) in [5, 5.41) is 3.67. The predicted molar refractivity (Wildman–Crippen MR) is 71.9 cm³/mol. The number of para-hydroxylation sites is 1. The van der Waals surface area contributed by atoms with Crippen LogP contribution in [0.1, 0.15) is 37.7 Å². The first-order valence-corrected chi connectivity index (χ1v) is 6.44. The zero-order chi connectivity index (χ0) is 11.9. The second kappa shape index (κ2) is 3.76. The summed E-state index contributed by atoms with van der Waals surface area (Å²) in [6.07, 6.45) is 6.01. The number of fused-ring (bicyclic) bond motifs is 1. The maximum Gasteiger partial charge on any atom is 0.126 e. The Morgan fingerprint density at radius 3 is 2.76 bits per heavy atom. The van der Waals surface area contributed by atoms with Crippen molar-refractivity contribution >= 4 is 17.2 Å². The van der Waals surface area contributed by atoms with Crippen molar-refractivity contribution in [2.24, 2.45) is 10.7 Å². The van der Waals surface area contributed by atoms with Crippen LogP contribution in [0.5, 0.6) is 0 Å². The summed E-state index contributed by atoms with van der Waals surface area (Å²) in [5.41, 5.74) is 9.53. The molecule has 90 valence electrons. The molecule has 1 aromatic carbocycles. The van der Waals surface area contributed by atoms with Crippen LogP contribution in [0.2, 0.25) is 0 Å². The van der Waals surface area contributed by atoms with Crippen molar-refractivity contribution in [3.63, 3.8) is 0 Å². The number of amidine groups is 1. The summed E-state index contributed by atoms with van der Waals surface area (Å²) >= 11 is 0. The van der Waals surface area contributed by atoms with Crippen molar-refractivity contribution in [2.45, 2.75) is 44.6 Å². The Labute approximate surface area is 102 Å². The molecule has 0 radical (unpaired) electrons. The highest BCUT2D eigenvalue weighted by atomic mass is 15.1. The second-order valence-corrected chi connectivity index (χ2v) is 5.23. The summed E-state index contributed by atoms with van der Waals surface area (Å²) in [6, 6.07) is 6.18. The zero-order valence-electron chi connectivity index (χ0n) is 10.3. The number of benzene rings is 1. The number of anilines is 1. The third-order valence-electron chi connectivity index (χ3n) is 4.05. The van der Waals surface area contributed by atoms with Gasteiger partial charge in [-0.3, -0.25) is 0 Å². The van der Waals surface area contributed by atoms with Crippen LogP contribution in [0.4, 0.5) is 11.4 Å². The number of hydrogen-bond acceptors (Lipinski definition) is 3. The van der Waals surface area contributed by atoms with Gasteiger partial charge in [0, 0.05) is 0 Å². The van der Waals surface area contributed by atoms with E-state index in [0.29, 0.717) is 0 Å². The van der Waals surface area contributed by atoms with Gasteiger partial charge in [-0.05, 0) is 31.4 Å². The molecule has 2 aliphatic rings. The smallest absolute Gasteiger partial charge is 0.126 e. The van der Waals surface area contributed by atoms with E-state index in [9.17, 15) is 0 Å². The minimum atomic E-state index is -0.0721. The van der Waals surface area contributed by atoms with E-state index in [1.165, 1.54) is 30.5 Å². The van der Waals surface area contributed by atoms with Gasteiger partial charge < -0.3 is 11.1 Å². The fraction of sp³-hybridized carbons (Fsp3) is 0.500. The fourth-order valence-electron chi connectivity index (χ4n) is 2.98. The highest BCUT2D eigenvalue weighted by molar-refractivity contribution is 5.99. The van der Waals surface area contributed by atoms with E-state index in [-0.39, 0.29) is 5.54 Å². The molecule has 17 heavy (non-hydrogen) atoms. The lowest BCUT2D eigenvalue weighted by molar-refractivity contribution is 0.402. The molecular weight excluding hydrogens is 210 g/mol. The van der Waals surface area contributed by atoms with Crippen molar-refractivity contribution < 1.29 is 0 Å². The third-order valence-corrected chi connectivity index (χ3v) is 4.05. The Bertz CT molecular complexity index is 470. The molecule has 1 aliphatic heterocycles. The lowest BCUT2D eigenvalue weighted by Crippen LogP contribution is -2.53. The number of hydrogen-bond donors (Lipinski definition) is 2. The standard InChI is InChI=1S/C14H19N3/c1-10-6-5-7-11-12(10)17-14(13(15)16-11)8-3-2-4-9-14/h5-7,17H,2-4,8-9H2,1H3,(H2,15,16). The molecule has 3 nitrogen and oxygen atoms in total. The van der Waals surface area contributed by atoms with Crippen LogP contribution in [-0.2, 0) is 0 Å². The van der Waals surface area contributed by atoms with Crippen molar-refractivity contribution in [3.05, 3.63) is 23.8 Å². The van der Waals surface area contributed by atoms with Gasteiger partial charge in [0.25, 0.3) is 0 Å². The number of aliphatic imine (C=N–C) groups is 1. The Morgan fingerprint density at radius 2 is 2.00 bits per heavy atom. The van der Waals surface area contributed by atoms with E-state index in [4.69, 9.17) is 5.73 Å². The van der Waals surface area contributed by atoms with E-state index in [1.807, 2.05) is 12.1 Å². The van der Waals surface area contributed by atoms with Gasteiger partial charge in [-0.15, -0.1) is 0 Å². The summed E-state index contributed by atoms with van der Waals surface area (Å²) in [6.45, 7) is 2.12. The molecule has 0 saturated heterocycles. The molecule has 3 N–H and O–H groups in total. The van der Waals surface area contributed by atoms with E-state index >= 15 is 0 Å². The lowest BCUT2D eigenvalue weighted by Gasteiger charge is -2.41. The number of rotatable bonds is 0. The molecule has 1 heterocycles. The van der Waals surface area contributed by atoms with E-state index in [1.54, 1.807) is 0 Å². The Kier molecular flexibility index (Phi) is 2.35. The molecule has 0 unspecified atom stereocenters.